The van der Waals surface area contributed by atoms with E-state index in [1.165, 1.54) is 0 Å². The highest BCUT2D eigenvalue weighted by molar-refractivity contribution is 5.92. The number of rotatable bonds is 7. The van der Waals surface area contributed by atoms with Crippen LogP contribution in [-0.4, -0.2) is 62.7 Å². The van der Waals surface area contributed by atoms with Gasteiger partial charge >= 0.3 is 0 Å². The van der Waals surface area contributed by atoms with Gasteiger partial charge in [0.15, 0.2) is 0 Å². The molecule has 150 valence electrons. The smallest absolute Gasteiger partial charge is 0.272 e. The van der Waals surface area contributed by atoms with Crippen LogP contribution in [0.25, 0.3) is 0 Å². The van der Waals surface area contributed by atoms with Gasteiger partial charge in [-0.25, -0.2) is 4.98 Å². The lowest BCUT2D eigenvalue weighted by atomic mass is 10.2. The molecule has 0 atom stereocenters. The van der Waals surface area contributed by atoms with Crippen LogP contribution < -0.4 is 14.5 Å². The Bertz CT molecular complexity index is 770. The van der Waals surface area contributed by atoms with Crippen molar-refractivity contribution in [2.24, 2.45) is 0 Å². The Morgan fingerprint density at radius 2 is 1.89 bits per heavy atom. The zero-order valence-corrected chi connectivity index (χ0v) is 17.1. The Morgan fingerprint density at radius 3 is 2.54 bits per heavy atom. The molecule has 0 saturated carbocycles. The van der Waals surface area contributed by atoms with Gasteiger partial charge in [-0.3, -0.25) is 4.79 Å². The zero-order valence-electron chi connectivity index (χ0n) is 17.1. The average molecular weight is 383 g/mol. The molecule has 2 aromatic rings. The fourth-order valence-corrected chi connectivity index (χ4v) is 3.47. The number of aromatic nitrogens is 1. The van der Waals surface area contributed by atoms with E-state index in [1.807, 2.05) is 35.2 Å². The van der Waals surface area contributed by atoms with Crippen LogP contribution in [0.1, 0.15) is 30.3 Å². The SMILES string of the molecule is CCCCN(C)c1ccc(C(=O)N2CCN(c3ccccc3OC)CC2)nc1. The van der Waals surface area contributed by atoms with Crippen molar-refractivity contribution in [2.75, 3.05) is 56.7 Å². The van der Waals surface area contributed by atoms with Crippen LogP contribution in [0.3, 0.4) is 0 Å². The number of para-hydroxylation sites is 2. The van der Waals surface area contributed by atoms with E-state index in [1.54, 1.807) is 13.3 Å². The van der Waals surface area contributed by atoms with Gasteiger partial charge in [-0.1, -0.05) is 25.5 Å². The van der Waals surface area contributed by atoms with Gasteiger partial charge in [-0.15, -0.1) is 0 Å². The molecular formula is C22H30N4O2. The Morgan fingerprint density at radius 1 is 1.14 bits per heavy atom. The molecule has 0 unspecified atom stereocenters. The first-order chi connectivity index (χ1) is 13.6. The fraction of sp³-hybridized carbons (Fsp3) is 0.455. The van der Waals surface area contributed by atoms with E-state index in [4.69, 9.17) is 4.74 Å². The number of hydrogen-bond donors (Lipinski definition) is 0. The van der Waals surface area contributed by atoms with E-state index >= 15 is 0 Å². The minimum atomic E-state index is 0.00226. The number of amides is 1. The van der Waals surface area contributed by atoms with Crippen LogP contribution in [0.2, 0.25) is 0 Å². The molecule has 0 N–H and O–H groups in total. The molecule has 0 spiro atoms. The molecule has 1 aliphatic rings. The van der Waals surface area contributed by atoms with Gasteiger partial charge in [0.05, 0.1) is 24.7 Å². The highest BCUT2D eigenvalue weighted by Crippen LogP contribution is 2.28. The van der Waals surface area contributed by atoms with E-state index in [-0.39, 0.29) is 5.91 Å². The van der Waals surface area contributed by atoms with Crippen molar-refractivity contribution in [1.82, 2.24) is 9.88 Å². The standard InChI is InChI=1S/C22H30N4O2/c1-4-5-12-24(2)18-10-11-19(23-17-18)22(27)26-15-13-25(14-16-26)20-8-6-7-9-21(20)28-3/h6-11,17H,4-5,12-16H2,1-3H3. The molecule has 1 fully saturated rings. The summed E-state index contributed by atoms with van der Waals surface area (Å²) in [5, 5.41) is 0. The highest BCUT2D eigenvalue weighted by Gasteiger charge is 2.24. The molecule has 6 nitrogen and oxygen atoms in total. The van der Waals surface area contributed by atoms with Crippen molar-refractivity contribution in [1.29, 1.82) is 0 Å². The van der Waals surface area contributed by atoms with Crippen molar-refractivity contribution < 1.29 is 9.53 Å². The van der Waals surface area contributed by atoms with E-state index in [2.05, 4.69) is 34.8 Å². The van der Waals surface area contributed by atoms with E-state index in [0.29, 0.717) is 18.8 Å². The second-order valence-electron chi connectivity index (χ2n) is 7.13. The Kier molecular flexibility index (Phi) is 6.74. The third kappa shape index (κ3) is 4.55. The average Bonchev–Trinajstić information content (AvgIpc) is 2.77. The number of carbonyl (C=O) groups excluding carboxylic acids is 1. The fourth-order valence-electron chi connectivity index (χ4n) is 3.47. The number of hydrogen-bond acceptors (Lipinski definition) is 5. The predicted octanol–water partition coefficient (Wildman–Crippen LogP) is 3.29. The van der Waals surface area contributed by atoms with Gasteiger partial charge in [0, 0.05) is 39.8 Å². The van der Waals surface area contributed by atoms with Crippen molar-refractivity contribution in [3.63, 3.8) is 0 Å². The molecule has 3 rings (SSSR count). The molecule has 6 heteroatoms. The Balaban J connectivity index is 1.59. The molecule has 1 aliphatic heterocycles. The van der Waals surface area contributed by atoms with Crippen molar-refractivity contribution >= 4 is 17.3 Å². The maximum Gasteiger partial charge on any atom is 0.272 e. The first-order valence-electron chi connectivity index (χ1n) is 9.98. The third-order valence-electron chi connectivity index (χ3n) is 5.25. The number of pyridine rings is 1. The van der Waals surface area contributed by atoms with Gasteiger partial charge in [-0.05, 0) is 30.7 Å². The summed E-state index contributed by atoms with van der Waals surface area (Å²) < 4.78 is 5.46. The normalized spacial score (nSPS) is 14.1. The maximum atomic E-state index is 12.8. The molecule has 1 amide bonds. The molecule has 0 bridgehead atoms. The molecule has 2 heterocycles. The second-order valence-corrected chi connectivity index (χ2v) is 7.13. The minimum Gasteiger partial charge on any atom is -0.495 e. The second kappa shape index (κ2) is 9.44. The quantitative estimate of drug-likeness (QED) is 0.735. The Labute approximate surface area is 167 Å². The predicted molar refractivity (Wildman–Crippen MR) is 114 cm³/mol. The number of carbonyl (C=O) groups is 1. The molecule has 1 saturated heterocycles. The summed E-state index contributed by atoms with van der Waals surface area (Å²) in [7, 11) is 3.75. The number of anilines is 2. The summed E-state index contributed by atoms with van der Waals surface area (Å²) in [6, 6.07) is 11.8. The van der Waals surface area contributed by atoms with E-state index < -0.39 is 0 Å². The number of benzene rings is 1. The number of piperazine rings is 1. The molecular weight excluding hydrogens is 352 g/mol. The molecule has 1 aromatic heterocycles. The minimum absolute atomic E-state index is 0.00226. The topological polar surface area (TPSA) is 48.9 Å². The van der Waals surface area contributed by atoms with Crippen molar-refractivity contribution in [3.8, 4) is 5.75 Å². The van der Waals surface area contributed by atoms with Gasteiger partial charge in [0.1, 0.15) is 11.4 Å². The first-order valence-corrected chi connectivity index (χ1v) is 9.98. The van der Waals surface area contributed by atoms with Gasteiger partial charge in [0.2, 0.25) is 0 Å². The molecule has 0 aliphatic carbocycles. The summed E-state index contributed by atoms with van der Waals surface area (Å²) in [4.78, 5) is 23.6. The lowest BCUT2D eigenvalue weighted by Crippen LogP contribution is -2.49. The maximum absolute atomic E-state index is 12.8. The van der Waals surface area contributed by atoms with Gasteiger partial charge in [0.25, 0.3) is 5.91 Å². The number of methoxy groups -OCH3 is 1. The number of ether oxygens (including phenoxy) is 1. The van der Waals surface area contributed by atoms with Crippen LogP contribution in [0.15, 0.2) is 42.6 Å². The lowest BCUT2D eigenvalue weighted by Gasteiger charge is -2.36. The van der Waals surface area contributed by atoms with Crippen LogP contribution in [0.4, 0.5) is 11.4 Å². The summed E-state index contributed by atoms with van der Waals surface area (Å²) in [6.07, 6.45) is 4.11. The Hall–Kier alpha value is -2.76. The van der Waals surface area contributed by atoms with E-state index in [9.17, 15) is 4.79 Å². The first kappa shape index (κ1) is 20.0. The summed E-state index contributed by atoms with van der Waals surface area (Å²) >= 11 is 0. The number of unbranched alkanes of at least 4 members (excludes halogenated alkanes) is 1. The largest absolute Gasteiger partial charge is 0.495 e. The molecule has 28 heavy (non-hydrogen) atoms. The molecule has 1 aromatic carbocycles. The van der Waals surface area contributed by atoms with Crippen LogP contribution in [0.5, 0.6) is 5.75 Å². The van der Waals surface area contributed by atoms with Crippen molar-refractivity contribution in [2.45, 2.75) is 19.8 Å². The zero-order chi connectivity index (χ0) is 19.9. The molecule has 0 radical (unpaired) electrons. The van der Waals surface area contributed by atoms with E-state index in [0.717, 1.165) is 49.6 Å². The van der Waals surface area contributed by atoms with Crippen molar-refractivity contribution in [3.05, 3.63) is 48.3 Å². The third-order valence-corrected chi connectivity index (χ3v) is 5.25. The summed E-state index contributed by atoms with van der Waals surface area (Å²) in [6.45, 7) is 6.10. The van der Waals surface area contributed by atoms with Crippen LogP contribution in [0, 0.1) is 0 Å². The highest BCUT2D eigenvalue weighted by atomic mass is 16.5. The van der Waals surface area contributed by atoms with Crippen LogP contribution >= 0.6 is 0 Å². The number of nitrogens with zero attached hydrogens (tertiary/aromatic N) is 4. The summed E-state index contributed by atoms with van der Waals surface area (Å²) in [5.41, 5.74) is 2.64. The van der Waals surface area contributed by atoms with Gasteiger partial charge < -0.3 is 19.4 Å². The van der Waals surface area contributed by atoms with Gasteiger partial charge in [-0.2, -0.15) is 0 Å². The van der Waals surface area contributed by atoms with Crippen LogP contribution in [-0.2, 0) is 0 Å². The monoisotopic (exact) mass is 382 g/mol. The lowest BCUT2D eigenvalue weighted by molar-refractivity contribution is 0.0741. The summed E-state index contributed by atoms with van der Waals surface area (Å²) in [5.74, 6) is 0.870.